The van der Waals surface area contributed by atoms with Gasteiger partial charge in [-0.3, -0.25) is 0 Å². The molecule has 4 heteroatoms. The monoisotopic (exact) mass is 287 g/mol. The highest BCUT2D eigenvalue weighted by molar-refractivity contribution is 5.48. The first-order valence-electron chi connectivity index (χ1n) is 7.44. The van der Waals surface area contributed by atoms with Crippen LogP contribution in [0.15, 0.2) is 24.5 Å². The van der Waals surface area contributed by atoms with Crippen molar-refractivity contribution >= 4 is 0 Å². The van der Waals surface area contributed by atoms with Gasteiger partial charge in [0.25, 0.3) is 0 Å². The van der Waals surface area contributed by atoms with E-state index in [1.165, 1.54) is 11.1 Å². The third-order valence-electron chi connectivity index (χ3n) is 3.94. The van der Waals surface area contributed by atoms with Gasteiger partial charge in [0.15, 0.2) is 0 Å². The van der Waals surface area contributed by atoms with Crippen LogP contribution in [-0.4, -0.2) is 23.2 Å². The minimum absolute atomic E-state index is 0.0409. The molecule has 0 fully saturated rings. The Balaban J connectivity index is 2.51. The van der Waals surface area contributed by atoms with Crippen molar-refractivity contribution in [2.45, 2.75) is 33.2 Å². The fourth-order valence-electron chi connectivity index (χ4n) is 2.59. The molecule has 0 saturated carbocycles. The fourth-order valence-corrected chi connectivity index (χ4v) is 2.59. The first kappa shape index (κ1) is 15.6. The standard InChI is InChI=1S/C17H25N3O/c1-6-9-18-15(17-19-10-11-20(17)4)14-8-7-12(2)13(3)16(14)21-5/h7-8,10-11,15,18H,6,9H2,1-5H3. The average Bonchev–Trinajstić information content (AvgIpc) is 2.89. The van der Waals surface area contributed by atoms with Gasteiger partial charge in [-0.05, 0) is 37.9 Å². The van der Waals surface area contributed by atoms with Crippen LogP contribution in [0.1, 0.15) is 41.9 Å². The summed E-state index contributed by atoms with van der Waals surface area (Å²) in [5, 5.41) is 3.59. The zero-order valence-electron chi connectivity index (χ0n) is 13.6. The van der Waals surface area contributed by atoms with E-state index in [1.54, 1.807) is 7.11 Å². The predicted octanol–water partition coefficient (Wildman–Crippen LogP) is 3.13. The second kappa shape index (κ2) is 6.76. The fraction of sp³-hybridized carbons (Fsp3) is 0.471. The molecule has 114 valence electrons. The van der Waals surface area contributed by atoms with Crippen LogP contribution < -0.4 is 10.1 Å². The molecule has 2 aromatic rings. The molecular weight excluding hydrogens is 262 g/mol. The number of nitrogens with one attached hydrogen (secondary N) is 1. The van der Waals surface area contributed by atoms with Gasteiger partial charge in [0.1, 0.15) is 11.6 Å². The molecule has 0 bridgehead atoms. The van der Waals surface area contributed by atoms with Gasteiger partial charge >= 0.3 is 0 Å². The molecule has 1 N–H and O–H groups in total. The SMILES string of the molecule is CCCNC(c1ccc(C)c(C)c1OC)c1nccn1C. The number of benzene rings is 1. The summed E-state index contributed by atoms with van der Waals surface area (Å²) in [7, 11) is 3.76. The first-order valence-corrected chi connectivity index (χ1v) is 7.44. The van der Waals surface area contributed by atoms with E-state index < -0.39 is 0 Å². The predicted molar refractivity (Wildman–Crippen MR) is 85.8 cm³/mol. The summed E-state index contributed by atoms with van der Waals surface area (Å²) in [6.45, 7) is 7.32. The highest BCUT2D eigenvalue weighted by atomic mass is 16.5. The van der Waals surface area contributed by atoms with Crippen LogP contribution in [-0.2, 0) is 7.05 Å². The maximum absolute atomic E-state index is 5.68. The Labute approximate surface area is 127 Å². The summed E-state index contributed by atoms with van der Waals surface area (Å²) in [6.07, 6.45) is 4.89. The number of aromatic nitrogens is 2. The Kier molecular flexibility index (Phi) is 5.02. The lowest BCUT2D eigenvalue weighted by molar-refractivity contribution is 0.398. The third kappa shape index (κ3) is 3.10. The van der Waals surface area contributed by atoms with Gasteiger partial charge < -0.3 is 14.6 Å². The molecule has 0 aliphatic rings. The lowest BCUT2D eigenvalue weighted by Gasteiger charge is -2.23. The van der Waals surface area contributed by atoms with Crippen molar-refractivity contribution in [2.24, 2.45) is 7.05 Å². The Hall–Kier alpha value is -1.81. The van der Waals surface area contributed by atoms with E-state index in [-0.39, 0.29) is 6.04 Å². The summed E-state index contributed by atoms with van der Waals surface area (Å²) in [4.78, 5) is 4.52. The molecule has 0 saturated heterocycles. The van der Waals surface area contributed by atoms with Crippen molar-refractivity contribution in [3.63, 3.8) is 0 Å². The van der Waals surface area contributed by atoms with Crippen molar-refractivity contribution in [2.75, 3.05) is 13.7 Å². The van der Waals surface area contributed by atoms with Crippen LogP contribution in [0, 0.1) is 13.8 Å². The van der Waals surface area contributed by atoms with E-state index in [0.717, 1.165) is 30.1 Å². The molecule has 0 aliphatic heterocycles. The number of hydrogen-bond acceptors (Lipinski definition) is 3. The zero-order valence-corrected chi connectivity index (χ0v) is 13.6. The van der Waals surface area contributed by atoms with Gasteiger partial charge in [-0.2, -0.15) is 0 Å². The highest BCUT2D eigenvalue weighted by Gasteiger charge is 2.22. The highest BCUT2D eigenvalue weighted by Crippen LogP contribution is 2.33. The molecule has 1 aromatic carbocycles. The van der Waals surface area contributed by atoms with Crippen molar-refractivity contribution in [3.05, 3.63) is 47.0 Å². The molecule has 1 unspecified atom stereocenters. The van der Waals surface area contributed by atoms with Crippen LogP contribution in [0.5, 0.6) is 5.75 Å². The lowest BCUT2D eigenvalue weighted by Crippen LogP contribution is -2.26. The summed E-state index contributed by atoms with van der Waals surface area (Å²) < 4.78 is 7.74. The van der Waals surface area contributed by atoms with E-state index in [0.29, 0.717) is 0 Å². The van der Waals surface area contributed by atoms with Crippen molar-refractivity contribution in [3.8, 4) is 5.75 Å². The third-order valence-corrected chi connectivity index (χ3v) is 3.94. The Bertz CT molecular complexity index is 604. The molecule has 4 nitrogen and oxygen atoms in total. The van der Waals surface area contributed by atoms with Crippen molar-refractivity contribution in [1.29, 1.82) is 0 Å². The number of rotatable bonds is 6. The number of aryl methyl sites for hydroxylation is 2. The van der Waals surface area contributed by atoms with Crippen LogP contribution in [0.25, 0.3) is 0 Å². The summed E-state index contributed by atoms with van der Waals surface area (Å²) >= 11 is 0. The van der Waals surface area contributed by atoms with Gasteiger partial charge in [-0.15, -0.1) is 0 Å². The minimum atomic E-state index is 0.0409. The van der Waals surface area contributed by atoms with Crippen molar-refractivity contribution < 1.29 is 4.74 Å². The summed E-state index contributed by atoms with van der Waals surface area (Å²) in [5.74, 6) is 1.96. The molecule has 21 heavy (non-hydrogen) atoms. The minimum Gasteiger partial charge on any atom is -0.496 e. The molecule has 1 atom stereocenters. The molecule has 0 aliphatic carbocycles. The van der Waals surface area contributed by atoms with Gasteiger partial charge in [-0.25, -0.2) is 4.98 Å². The van der Waals surface area contributed by atoms with E-state index in [2.05, 4.69) is 47.8 Å². The van der Waals surface area contributed by atoms with Crippen LogP contribution in [0.2, 0.25) is 0 Å². The first-order chi connectivity index (χ1) is 10.1. The molecule has 0 amide bonds. The quantitative estimate of drug-likeness (QED) is 0.887. The van der Waals surface area contributed by atoms with E-state index in [1.807, 2.05) is 19.4 Å². The van der Waals surface area contributed by atoms with Crippen LogP contribution in [0.4, 0.5) is 0 Å². The zero-order chi connectivity index (χ0) is 15.4. The average molecular weight is 287 g/mol. The smallest absolute Gasteiger partial charge is 0.130 e. The molecule has 0 radical (unpaired) electrons. The maximum atomic E-state index is 5.68. The van der Waals surface area contributed by atoms with Gasteiger partial charge in [0, 0.05) is 25.0 Å². The summed E-state index contributed by atoms with van der Waals surface area (Å²) in [6, 6.07) is 4.33. The Morgan fingerprint density at radius 2 is 2.10 bits per heavy atom. The maximum Gasteiger partial charge on any atom is 0.130 e. The Morgan fingerprint density at radius 3 is 2.67 bits per heavy atom. The summed E-state index contributed by atoms with van der Waals surface area (Å²) in [5.41, 5.74) is 3.57. The number of ether oxygens (including phenoxy) is 1. The second-order valence-corrected chi connectivity index (χ2v) is 5.41. The second-order valence-electron chi connectivity index (χ2n) is 5.41. The molecule has 2 rings (SSSR count). The van der Waals surface area contributed by atoms with Gasteiger partial charge in [-0.1, -0.05) is 19.1 Å². The van der Waals surface area contributed by atoms with Gasteiger partial charge in [0.2, 0.25) is 0 Å². The van der Waals surface area contributed by atoms with Gasteiger partial charge in [0.05, 0.1) is 13.2 Å². The van der Waals surface area contributed by atoms with Crippen molar-refractivity contribution in [1.82, 2.24) is 14.9 Å². The molecule has 0 spiro atoms. The topological polar surface area (TPSA) is 39.1 Å². The number of methoxy groups -OCH3 is 1. The van der Waals surface area contributed by atoms with E-state index in [9.17, 15) is 0 Å². The number of imidazole rings is 1. The normalized spacial score (nSPS) is 12.4. The molecule has 1 heterocycles. The number of nitrogens with zero attached hydrogens (tertiary/aromatic N) is 2. The molecule has 1 aromatic heterocycles. The van der Waals surface area contributed by atoms with E-state index in [4.69, 9.17) is 4.74 Å². The van der Waals surface area contributed by atoms with Crippen LogP contribution >= 0.6 is 0 Å². The molecular formula is C17H25N3O. The largest absolute Gasteiger partial charge is 0.496 e. The van der Waals surface area contributed by atoms with E-state index >= 15 is 0 Å². The number of hydrogen-bond donors (Lipinski definition) is 1. The Morgan fingerprint density at radius 1 is 1.33 bits per heavy atom. The lowest BCUT2D eigenvalue weighted by atomic mass is 9.98. The van der Waals surface area contributed by atoms with Crippen LogP contribution in [0.3, 0.4) is 0 Å².